The van der Waals surface area contributed by atoms with Crippen molar-refractivity contribution in [1.82, 2.24) is 0 Å². The zero-order chi connectivity index (χ0) is 20.8. The van der Waals surface area contributed by atoms with E-state index in [1.165, 1.54) is 0 Å². The first-order valence-electron chi connectivity index (χ1n) is 5.23. The number of halogens is 16. The molecule has 0 radical (unpaired) electrons. The summed E-state index contributed by atoms with van der Waals surface area (Å²) in [5.74, 6) is -25.1. The van der Waals surface area contributed by atoms with Gasteiger partial charge in [0.2, 0.25) is 12.0 Å². The third-order valence-electron chi connectivity index (χ3n) is 2.55. The van der Waals surface area contributed by atoms with Crippen molar-refractivity contribution >= 4 is 0 Å². The Morgan fingerprint density at radius 1 is 0.560 bits per heavy atom. The third kappa shape index (κ3) is 3.61. The number of allylic oxidation sites excluding steroid dienone is 2. The first kappa shape index (κ1) is 23.6. The molecule has 0 saturated carbocycles. The molecular weight excluding hydrogens is 412 g/mol. The second-order valence-electron chi connectivity index (χ2n) is 4.22. The number of rotatable bonds is 5. The lowest BCUT2D eigenvalue weighted by Gasteiger charge is -2.32. The Kier molecular flexibility index (Phi) is 6.05. The quantitative estimate of drug-likeness (QED) is 0.496. The summed E-state index contributed by atoms with van der Waals surface area (Å²) in [5.41, 5.74) is -6.96. The maximum absolute atomic E-state index is 13.3. The summed E-state index contributed by atoms with van der Waals surface area (Å²) < 4.78 is 198. The summed E-state index contributed by atoms with van der Waals surface area (Å²) in [7, 11) is 0. The molecule has 2 atom stereocenters. The smallest absolute Gasteiger partial charge is 0.237 e. The fraction of sp³-hybridized carbons (Fsp3) is 0.778. The van der Waals surface area contributed by atoms with Gasteiger partial charge in [0.1, 0.15) is 0 Å². The average molecular weight is 414 g/mol. The summed E-state index contributed by atoms with van der Waals surface area (Å²) in [6, 6.07) is 0. The van der Waals surface area contributed by atoms with Gasteiger partial charge in [0, 0.05) is 0 Å². The molecule has 0 N–H and O–H groups in total. The van der Waals surface area contributed by atoms with Gasteiger partial charge in [-0.25, -0.2) is 26.3 Å². The molecule has 25 heavy (non-hydrogen) atoms. The molecule has 0 fully saturated rings. The fourth-order valence-corrected chi connectivity index (χ4v) is 1.19. The minimum atomic E-state index is -7.59. The van der Waals surface area contributed by atoms with E-state index in [1.54, 1.807) is 0 Å². The standard InChI is InChI=1S/C9H2F16/c10-1(5(15,8(20,21)22)3(12)4(13)14)2(11)6(16,17)7(18,19)9(23,24)25/h3-4H. The first-order valence-corrected chi connectivity index (χ1v) is 5.23. The van der Waals surface area contributed by atoms with E-state index in [4.69, 9.17) is 0 Å². The van der Waals surface area contributed by atoms with Crippen molar-refractivity contribution in [2.45, 2.75) is 42.5 Å². The van der Waals surface area contributed by atoms with E-state index in [1.807, 2.05) is 0 Å². The van der Waals surface area contributed by atoms with E-state index in [0.717, 1.165) is 0 Å². The molecule has 0 aromatic heterocycles. The second kappa shape index (κ2) is 6.41. The van der Waals surface area contributed by atoms with Crippen LogP contribution in [-0.4, -0.2) is 42.5 Å². The molecule has 150 valence electrons. The van der Waals surface area contributed by atoms with Crippen LogP contribution in [0.25, 0.3) is 0 Å². The van der Waals surface area contributed by atoms with Crippen LogP contribution in [0, 0.1) is 0 Å². The van der Waals surface area contributed by atoms with E-state index in [0.29, 0.717) is 0 Å². The van der Waals surface area contributed by atoms with E-state index < -0.39 is 54.1 Å². The topological polar surface area (TPSA) is 0 Å². The Morgan fingerprint density at radius 3 is 1.16 bits per heavy atom. The molecule has 0 aliphatic heterocycles. The Bertz CT molecular complexity index is 509. The zero-order valence-corrected chi connectivity index (χ0v) is 10.7. The van der Waals surface area contributed by atoms with Crippen LogP contribution in [-0.2, 0) is 0 Å². The van der Waals surface area contributed by atoms with Gasteiger partial charge >= 0.3 is 24.2 Å². The summed E-state index contributed by atoms with van der Waals surface area (Å²) >= 11 is 0. The van der Waals surface area contributed by atoms with Crippen molar-refractivity contribution in [3.63, 3.8) is 0 Å². The van der Waals surface area contributed by atoms with Crippen LogP contribution in [0.5, 0.6) is 0 Å². The Labute approximate surface area is 126 Å². The van der Waals surface area contributed by atoms with Gasteiger partial charge in [0.05, 0.1) is 0 Å². The first-order chi connectivity index (χ1) is 10.7. The SMILES string of the molecule is FC(=C(F)C(F)(C(F)C(F)F)C(F)(F)F)C(F)(F)C(F)(F)C(F)(F)F. The van der Waals surface area contributed by atoms with Crippen molar-refractivity contribution < 1.29 is 70.2 Å². The van der Waals surface area contributed by atoms with Crippen LogP contribution < -0.4 is 0 Å². The van der Waals surface area contributed by atoms with Crippen LogP contribution in [0.3, 0.4) is 0 Å². The van der Waals surface area contributed by atoms with E-state index in [9.17, 15) is 70.2 Å². The summed E-state index contributed by atoms with van der Waals surface area (Å²) in [6.45, 7) is 0. The molecular formula is C9H2F16. The van der Waals surface area contributed by atoms with Crippen molar-refractivity contribution in [1.29, 1.82) is 0 Å². The molecule has 0 aromatic carbocycles. The molecule has 0 aliphatic carbocycles. The summed E-state index contributed by atoms with van der Waals surface area (Å²) in [5, 5.41) is 0. The van der Waals surface area contributed by atoms with Gasteiger partial charge < -0.3 is 0 Å². The lowest BCUT2D eigenvalue weighted by atomic mass is 9.94. The highest BCUT2D eigenvalue weighted by molar-refractivity contribution is 5.27. The molecule has 0 saturated heterocycles. The van der Waals surface area contributed by atoms with Gasteiger partial charge in [0.15, 0.2) is 5.83 Å². The lowest BCUT2D eigenvalue weighted by molar-refractivity contribution is -0.348. The fourth-order valence-electron chi connectivity index (χ4n) is 1.19. The number of hydrogen-bond donors (Lipinski definition) is 0. The predicted molar refractivity (Wildman–Crippen MR) is 46.0 cm³/mol. The molecule has 0 nitrogen and oxygen atoms in total. The second-order valence-corrected chi connectivity index (χ2v) is 4.22. The largest absolute Gasteiger partial charge is 0.460 e. The molecule has 0 spiro atoms. The van der Waals surface area contributed by atoms with Crippen LogP contribution in [0.2, 0.25) is 0 Å². The molecule has 0 bridgehead atoms. The van der Waals surface area contributed by atoms with Crippen molar-refractivity contribution in [3.05, 3.63) is 11.7 Å². The van der Waals surface area contributed by atoms with Crippen LogP contribution >= 0.6 is 0 Å². The van der Waals surface area contributed by atoms with Gasteiger partial charge in [-0.15, -0.1) is 0 Å². The van der Waals surface area contributed by atoms with Crippen LogP contribution in [0.15, 0.2) is 11.7 Å². The number of hydrogen-bond acceptors (Lipinski definition) is 0. The average Bonchev–Trinajstić information content (AvgIpc) is 2.40. The van der Waals surface area contributed by atoms with Crippen LogP contribution in [0.1, 0.15) is 0 Å². The minimum absolute atomic E-state index is 4.94. The predicted octanol–water partition coefficient (Wildman–Crippen LogP) is 5.84. The zero-order valence-electron chi connectivity index (χ0n) is 10.7. The third-order valence-corrected chi connectivity index (χ3v) is 2.55. The van der Waals surface area contributed by atoms with Gasteiger partial charge in [-0.3, -0.25) is 0 Å². The molecule has 16 heteroatoms. The Morgan fingerprint density at radius 2 is 0.920 bits per heavy atom. The molecule has 0 heterocycles. The van der Waals surface area contributed by atoms with Crippen LogP contribution in [0.4, 0.5) is 70.2 Å². The Balaban J connectivity index is 6.62. The molecule has 2 unspecified atom stereocenters. The van der Waals surface area contributed by atoms with Gasteiger partial charge in [-0.1, -0.05) is 0 Å². The molecule has 0 aromatic rings. The van der Waals surface area contributed by atoms with Crippen molar-refractivity contribution in [2.24, 2.45) is 0 Å². The molecule has 0 amide bonds. The van der Waals surface area contributed by atoms with Gasteiger partial charge in [-0.05, 0) is 0 Å². The minimum Gasteiger partial charge on any atom is -0.237 e. The summed E-state index contributed by atoms with van der Waals surface area (Å²) in [6.07, 6.45) is -25.3. The van der Waals surface area contributed by atoms with Gasteiger partial charge in [-0.2, -0.15) is 43.9 Å². The highest BCUT2D eigenvalue weighted by atomic mass is 19.4. The van der Waals surface area contributed by atoms with Crippen molar-refractivity contribution in [3.8, 4) is 0 Å². The monoisotopic (exact) mass is 414 g/mol. The van der Waals surface area contributed by atoms with E-state index in [-0.39, 0.29) is 0 Å². The highest BCUT2D eigenvalue weighted by Crippen LogP contribution is 2.54. The number of alkyl halides is 14. The highest BCUT2D eigenvalue weighted by Gasteiger charge is 2.78. The van der Waals surface area contributed by atoms with Crippen molar-refractivity contribution in [2.75, 3.05) is 0 Å². The van der Waals surface area contributed by atoms with Gasteiger partial charge in [0.25, 0.3) is 12.1 Å². The Hall–Kier alpha value is -1.38. The lowest BCUT2D eigenvalue weighted by Crippen LogP contribution is -2.56. The van der Waals surface area contributed by atoms with E-state index >= 15 is 0 Å². The molecule has 0 aliphatic rings. The normalized spacial score (nSPS) is 19.6. The summed E-state index contributed by atoms with van der Waals surface area (Å²) in [4.78, 5) is 0. The van der Waals surface area contributed by atoms with E-state index in [2.05, 4.69) is 0 Å². The maximum Gasteiger partial charge on any atom is 0.460 e. The molecule has 0 rings (SSSR count). The maximum atomic E-state index is 13.3.